The molecular formula is C11H11FN4O2. The lowest BCUT2D eigenvalue weighted by molar-refractivity contribution is 0.0942. The summed E-state index contributed by atoms with van der Waals surface area (Å²) in [4.78, 5) is 15.7. The summed E-state index contributed by atoms with van der Waals surface area (Å²) in [6.45, 7) is 0.135. The van der Waals surface area contributed by atoms with Gasteiger partial charge in [-0.05, 0) is 12.1 Å². The van der Waals surface area contributed by atoms with Gasteiger partial charge in [0.15, 0.2) is 0 Å². The first kappa shape index (κ1) is 12.0. The molecule has 0 spiro atoms. The van der Waals surface area contributed by atoms with Gasteiger partial charge in [-0.15, -0.1) is 0 Å². The quantitative estimate of drug-likeness (QED) is 0.844. The van der Waals surface area contributed by atoms with Crippen LogP contribution in [0.1, 0.15) is 16.2 Å². The number of nitrogens with one attached hydrogen (secondary N) is 2. The summed E-state index contributed by atoms with van der Waals surface area (Å²) in [5.74, 6) is -0.533. The van der Waals surface area contributed by atoms with Gasteiger partial charge in [-0.2, -0.15) is 5.10 Å². The van der Waals surface area contributed by atoms with Crippen LogP contribution in [0.2, 0.25) is 0 Å². The Labute approximate surface area is 102 Å². The number of hydrogen-bond donors (Lipinski definition) is 2. The molecule has 7 heteroatoms. The van der Waals surface area contributed by atoms with Crippen LogP contribution in [0.5, 0.6) is 5.75 Å². The lowest BCUT2D eigenvalue weighted by Crippen LogP contribution is -2.25. The lowest BCUT2D eigenvalue weighted by atomic mass is 10.1. The molecule has 0 radical (unpaired) electrons. The molecule has 0 saturated heterocycles. The molecule has 0 aliphatic heterocycles. The Bertz CT molecular complexity index is 542. The van der Waals surface area contributed by atoms with Crippen LogP contribution in [0, 0.1) is 5.82 Å². The Balaban J connectivity index is 2.13. The zero-order valence-electron chi connectivity index (χ0n) is 9.61. The average Bonchev–Trinajstić information content (AvgIpc) is 2.88. The molecule has 18 heavy (non-hydrogen) atoms. The number of halogens is 1. The molecule has 1 aromatic carbocycles. The van der Waals surface area contributed by atoms with Crippen molar-refractivity contribution in [3.8, 4) is 5.75 Å². The number of amides is 1. The van der Waals surface area contributed by atoms with E-state index in [1.165, 1.54) is 31.6 Å². The number of carbonyl (C=O) groups excluding carboxylic acids is 1. The Hall–Kier alpha value is -2.44. The van der Waals surface area contributed by atoms with Crippen LogP contribution >= 0.6 is 0 Å². The number of aromatic nitrogens is 3. The van der Waals surface area contributed by atoms with Gasteiger partial charge in [-0.1, -0.05) is 6.07 Å². The van der Waals surface area contributed by atoms with Crippen LogP contribution in [0.4, 0.5) is 4.39 Å². The van der Waals surface area contributed by atoms with Gasteiger partial charge < -0.3 is 10.1 Å². The summed E-state index contributed by atoms with van der Waals surface area (Å²) < 4.78 is 18.5. The summed E-state index contributed by atoms with van der Waals surface area (Å²) in [5, 5.41) is 8.75. The number of aromatic amines is 1. The van der Waals surface area contributed by atoms with E-state index >= 15 is 0 Å². The summed E-state index contributed by atoms with van der Waals surface area (Å²) >= 11 is 0. The van der Waals surface area contributed by atoms with E-state index in [-0.39, 0.29) is 17.9 Å². The number of H-pyrrole nitrogens is 1. The van der Waals surface area contributed by atoms with Crippen LogP contribution < -0.4 is 10.1 Å². The molecule has 0 saturated carbocycles. The molecule has 6 nitrogen and oxygen atoms in total. The zero-order chi connectivity index (χ0) is 13.0. The van der Waals surface area contributed by atoms with Crippen LogP contribution in [-0.4, -0.2) is 28.2 Å². The van der Waals surface area contributed by atoms with E-state index in [9.17, 15) is 9.18 Å². The highest BCUT2D eigenvalue weighted by molar-refractivity contribution is 5.97. The molecule has 2 aromatic rings. The molecule has 0 atom stereocenters. The van der Waals surface area contributed by atoms with Crippen molar-refractivity contribution in [2.75, 3.05) is 7.11 Å². The smallest absolute Gasteiger partial charge is 0.258 e. The van der Waals surface area contributed by atoms with E-state index in [1.54, 1.807) is 0 Å². The van der Waals surface area contributed by atoms with Gasteiger partial charge in [0.05, 0.1) is 13.7 Å². The van der Waals surface area contributed by atoms with Gasteiger partial charge in [-0.25, -0.2) is 9.37 Å². The van der Waals surface area contributed by atoms with E-state index in [4.69, 9.17) is 4.74 Å². The third kappa shape index (κ3) is 2.45. The number of ether oxygens (including phenoxy) is 1. The molecule has 0 aliphatic carbocycles. The van der Waals surface area contributed by atoms with Crippen molar-refractivity contribution in [1.29, 1.82) is 0 Å². The first-order valence-corrected chi connectivity index (χ1v) is 5.17. The molecule has 94 valence electrons. The fraction of sp³-hybridized carbons (Fsp3) is 0.182. The molecular weight excluding hydrogens is 239 g/mol. The second-order valence-corrected chi connectivity index (χ2v) is 3.43. The van der Waals surface area contributed by atoms with Gasteiger partial charge in [0.2, 0.25) is 0 Å². The number of hydrogen-bond acceptors (Lipinski definition) is 4. The Morgan fingerprint density at radius 2 is 2.39 bits per heavy atom. The van der Waals surface area contributed by atoms with Crippen LogP contribution in [-0.2, 0) is 6.54 Å². The molecule has 1 aromatic heterocycles. The number of methoxy groups -OCH3 is 1. The number of rotatable bonds is 4. The predicted molar refractivity (Wildman–Crippen MR) is 60.5 cm³/mol. The standard InChI is InChI=1S/C11H11FN4O2/c1-18-8-4-2-3-7(12)10(8)11(17)13-5-9-14-6-15-16-9/h2-4,6H,5H2,1H3,(H,13,17)(H,14,15,16). The minimum absolute atomic E-state index is 0.125. The van der Waals surface area contributed by atoms with Gasteiger partial charge in [0.1, 0.15) is 29.3 Å². The van der Waals surface area contributed by atoms with Crippen molar-refractivity contribution >= 4 is 5.91 Å². The van der Waals surface area contributed by atoms with E-state index in [0.29, 0.717) is 5.82 Å². The normalized spacial score (nSPS) is 10.1. The van der Waals surface area contributed by atoms with Crippen LogP contribution in [0.25, 0.3) is 0 Å². The van der Waals surface area contributed by atoms with Gasteiger partial charge >= 0.3 is 0 Å². The van der Waals surface area contributed by atoms with E-state index in [0.717, 1.165) is 0 Å². The monoisotopic (exact) mass is 250 g/mol. The summed E-state index contributed by atoms with van der Waals surface area (Å²) in [7, 11) is 1.38. The highest BCUT2D eigenvalue weighted by Crippen LogP contribution is 2.20. The third-order valence-electron chi connectivity index (χ3n) is 2.30. The SMILES string of the molecule is COc1cccc(F)c1C(=O)NCc1ncn[nH]1. The zero-order valence-corrected chi connectivity index (χ0v) is 9.61. The van der Waals surface area contributed by atoms with E-state index in [1.807, 2.05) is 0 Å². The van der Waals surface area contributed by atoms with Crippen molar-refractivity contribution in [1.82, 2.24) is 20.5 Å². The van der Waals surface area contributed by atoms with Gasteiger partial charge in [-0.3, -0.25) is 9.89 Å². The molecule has 0 bridgehead atoms. The Kier molecular flexibility index (Phi) is 3.52. The first-order valence-electron chi connectivity index (χ1n) is 5.17. The Morgan fingerprint density at radius 1 is 1.56 bits per heavy atom. The predicted octanol–water partition coefficient (Wildman–Crippen LogP) is 0.882. The van der Waals surface area contributed by atoms with Crippen LogP contribution in [0.15, 0.2) is 24.5 Å². The highest BCUT2D eigenvalue weighted by atomic mass is 19.1. The third-order valence-corrected chi connectivity index (χ3v) is 2.30. The summed E-state index contributed by atoms with van der Waals surface area (Å²) in [5.41, 5.74) is -0.125. The highest BCUT2D eigenvalue weighted by Gasteiger charge is 2.17. The fourth-order valence-corrected chi connectivity index (χ4v) is 1.46. The molecule has 2 rings (SSSR count). The van der Waals surface area contributed by atoms with Crippen molar-refractivity contribution in [3.05, 3.63) is 41.7 Å². The van der Waals surface area contributed by atoms with Crippen molar-refractivity contribution < 1.29 is 13.9 Å². The molecule has 0 aliphatic rings. The summed E-state index contributed by atoms with van der Waals surface area (Å²) in [6.07, 6.45) is 1.32. The number of nitrogens with zero attached hydrogens (tertiary/aromatic N) is 2. The molecule has 0 unspecified atom stereocenters. The first-order chi connectivity index (χ1) is 8.72. The number of carbonyl (C=O) groups is 1. The van der Waals surface area contributed by atoms with Crippen molar-refractivity contribution in [3.63, 3.8) is 0 Å². The Morgan fingerprint density at radius 3 is 3.06 bits per heavy atom. The lowest BCUT2D eigenvalue weighted by Gasteiger charge is -2.09. The van der Waals surface area contributed by atoms with Crippen molar-refractivity contribution in [2.45, 2.75) is 6.54 Å². The van der Waals surface area contributed by atoms with E-state index < -0.39 is 11.7 Å². The minimum atomic E-state index is -0.635. The summed E-state index contributed by atoms with van der Waals surface area (Å²) in [6, 6.07) is 4.19. The maximum Gasteiger partial charge on any atom is 0.258 e. The maximum atomic E-state index is 13.6. The van der Waals surface area contributed by atoms with Crippen LogP contribution in [0.3, 0.4) is 0 Å². The van der Waals surface area contributed by atoms with Crippen molar-refractivity contribution in [2.24, 2.45) is 0 Å². The topological polar surface area (TPSA) is 79.9 Å². The second-order valence-electron chi connectivity index (χ2n) is 3.43. The van der Waals surface area contributed by atoms with E-state index in [2.05, 4.69) is 20.5 Å². The second kappa shape index (κ2) is 5.26. The fourth-order valence-electron chi connectivity index (χ4n) is 1.46. The largest absolute Gasteiger partial charge is 0.496 e. The maximum absolute atomic E-state index is 13.6. The van der Waals surface area contributed by atoms with Gasteiger partial charge in [0, 0.05) is 0 Å². The minimum Gasteiger partial charge on any atom is -0.496 e. The number of benzene rings is 1. The molecule has 2 N–H and O–H groups in total. The molecule has 0 fully saturated rings. The molecule has 1 heterocycles. The average molecular weight is 250 g/mol. The molecule has 1 amide bonds. The van der Waals surface area contributed by atoms with Gasteiger partial charge in [0.25, 0.3) is 5.91 Å².